The van der Waals surface area contributed by atoms with Crippen molar-refractivity contribution in [3.8, 4) is 0 Å². The molecule has 0 aromatic rings. The molecule has 0 amide bonds. The normalized spacial score (nSPS) is 43.0. The Morgan fingerprint density at radius 2 is 2.00 bits per heavy atom. The highest BCUT2D eigenvalue weighted by molar-refractivity contribution is 5.10. The van der Waals surface area contributed by atoms with Gasteiger partial charge >= 0.3 is 0 Å². The Balaban J connectivity index is 1.65. The van der Waals surface area contributed by atoms with Crippen LogP contribution in [0.15, 0.2) is 0 Å². The fourth-order valence-electron chi connectivity index (χ4n) is 4.01. The standard InChI is InChI=1S/C14H26N2O2/c15-11-8-14(18-9-11)7-4-12(14)16-13(10-17)5-2-1-3-6-13/h11-12,16-17H,1-10,15H2. The van der Waals surface area contributed by atoms with E-state index in [-0.39, 0.29) is 23.8 Å². The molecule has 1 aliphatic heterocycles. The van der Waals surface area contributed by atoms with Gasteiger partial charge in [-0.25, -0.2) is 0 Å². The molecule has 3 atom stereocenters. The van der Waals surface area contributed by atoms with Crippen LogP contribution in [0.5, 0.6) is 0 Å². The van der Waals surface area contributed by atoms with Crippen molar-refractivity contribution in [1.29, 1.82) is 0 Å². The quantitative estimate of drug-likeness (QED) is 0.700. The first-order valence-corrected chi connectivity index (χ1v) is 7.46. The molecule has 3 unspecified atom stereocenters. The maximum absolute atomic E-state index is 9.77. The van der Waals surface area contributed by atoms with Crippen LogP contribution in [-0.4, -0.2) is 41.5 Å². The third-order valence-corrected chi connectivity index (χ3v) is 5.28. The Labute approximate surface area is 109 Å². The maximum atomic E-state index is 9.77. The molecule has 18 heavy (non-hydrogen) atoms. The second-order valence-electron chi connectivity index (χ2n) is 6.57. The van der Waals surface area contributed by atoms with Gasteiger partial charge in [-0.05, 0) is 32.1 Å². The van der Waals surface area contributed by atoms with Crippen LogP contribution in [0.2, 0.25) is 0 Å². The maximum Gasteiger partial charge on any atom is 0.0851 e. The average Bonchev–Trinajstić information content (AvgIpc) is 2.81. The third kappa shape index (κ3) is 2.09. The van der Waals surface area contributed by atoms with E-state index >= 15 is 0 Å². The van der Waals surface area contributed by atoms with E-state index in [1.165, 1.54) is 19.3 Å². The van der Waals surface area contributed by atoms with Gasteiger partial charge in [0.05, 0.1) is 18.8 Å². The third-order valence-electron chi connectivity index (χ3n) is 5.28. The molecule has 4 N–H and O–H groups in total. The number of hydrogen-bond acceptors (Lipinski definition) is 4. The topological polar surface area (TPSA) is 67.5 Å². The molecule has 3 aliphatic rings. The van der Waals surface area contributed by atoms with E-state index < -0.39 is 0 Å². The van der Waals surface area contributed by atoms with Crippen molar-refractivity contribution in [3.05, 3.63) is 0 Å². The second-order valence-corrected chi connectivity index (χ2v) is 6.57. The summed E-state index contributed by atoms with van der Waals surface area (Å²) in [5.74, 6) is 0. The highest BCUT2D eigenvalue weighted by atomic mass is 16.5. The molecule has 4 nitrogen and oxygen atoms in total. The fraction of sp³-hybridized carbons (Fsp3) is 1.00. The van der Waals surface area contributed by atoms with Crippen molar-refractivity contribution in [2.75, 3.05) is 13.2 Å². The Morgan fingerprint density at radius 1 is 1.22 bits per heavy atom. The van der Waals surface area contributed by atoms with Crippen molar-refractivity contribution in [1.82, 2.24) is 5.32 Å². The summed E-state index contributed by atoms with van der Waals surface area (Å²) in [4.78, 5) is 0. The number of nitrogens with two attached hydrogens (primary N) is 1. The van der Waals surface area contributed by atoms with Crippen molar-refractivity contribution in [3.63, 3.8) is 0 Å². The molecular weight excluding hydrogens is 228 g/mol. The van der Waals surface area contributed by atoms with Gasteiger partial charge in [-0.3, -0.25) is 0 Å². The predicted octanol–water partition coefficient (Wildman–Crippen LogP) is 0.920. The van der Waals surface area contributed by atoms with Gasteiger partial charge in [-0.15, -0.1) is 0 Å². The summed E-state index contributed by atoms with van der Waals surface area (Å²) in [7, 11) is 0. The van der Waals surface area contributed by atoms with Gasteiger partial charge in [-0.2, -0.15) is 0 Å². The van der Waals surface area contributed by atoms with Crippen LogP contribution in [0, 0.1) is 0 Å². The number of hydrogen-bond donors (Lipinski definition) is 3. The monoisotopic (exact) mass is 254 g/mol. The number of aliphatic hydroxyl groups excluding tert-OH is 1. The first kappa shape index (κ1) is 12.9. The zero-order chi connectivity index (χ0) is 12.6. The van der Waals surface area contributed by atoms with Gasteiger partial charge in [0, 0.05) is 17.6 Å². The van der Waals surface area contributed by atoms with E-state index in [1.54, 1.807) is 0 Å². The van der Waals surface area contributed by atoms with Crippen molar-refractivity contribution in [2.24, 2.45) is 5.73 Å². The zero-order valence-corrected chi connectivity index (χ0v) is 11.2. The Hall–Kier alpha value is -0.160. The summed E-state index contributed by atoms with van der Waals surface area (Å²) in [6.07, 6.45) is 9.23. The molecule has 0 bridgehead atoms. The summed E-state index contributed by atoms with van der Waals surface area (Å²) in [6, 6.07) is 0.599. The summed E-state index contributed by atoms with van der Waals surface area (Å²) in [6.45, 7) is 0.954. The lowest BCUT2D eigenvalue weighted by Crippen LogP contribution is -2.66. The van der Waals surface area contributed by atoms with Gasteiger partial charge in [0.1, 0.15) is 0 Å². The predicted molar refractivity (Wildman–Crippen MR) is 70.3 cm³/mol. The minimum atomic E-state index is -0.0492. The van der Waals surface area contributed by atoms with Crippen LogP contribution in [0.1, 0.15) is 51.4 Å². The van der Waals surface area contributed by atoms with Crippen LogP contribution < -0.4 is 11.1 Å². The lowest BCUT2D eigenvalue weighted by atomic mass is 9.70. The fourth-order valence-corrected chi connectivity index (χ4v) is 4.01. The molecule has 0 aromatic carbocycles. The van der Waals surface area contributed by atoms with Gasteiger partial charge < -0.3 is 20.9 Å². The minimum Gasteiger partial charge on any atom is -0.394 e. The molecule has 0 aromatic heterocycles. The van der Waals surface area contributed by atoms with E-state index in [0.29, 0.717) is 12.6 Å². The van der Waals surface area contributed by atoms with Crippen LogP contribution >= 0.6 is 0 Å². The van der Waals surface area contributed by atoms with Crippen molar-refractivity contribution in [2.45, 2.75) is 74.6 Å². The highest BCUT2D eigenvalue weighted by Gasteiger charge is 2.54. The highest BCUT2D eigenvalue weighted by Crippen LogP contribution is 2.45. The van der Waals surface area contributed by atoms with Crippen molar-refractivity contribution >= 4 is 0 Å². The largest absolute Gasteiger partial charge is 0.394 e. The van der Waals surface area contributed by atoms with Gasteiger partial charge in [0.2, 0.25) is 0 Å². The van der Waals surface area contributed by atoms with Gasteiger partial charge in [0.25, 0.3) is 0 Å². The van der Waals surface area contributed by atoms with Gasteiger partial charge in [-0.1, -0.05) is 19.3 Å². The molecule has 1 heterocycles. The lowest BCUT2D eigenvalue weighted by molar-refractivity contribution is -0.100. The summed E-state index contributed by atoms with van der Waals surface area (Å²) in [5.41, 5.74) is 5.91. The minimum absolute atomic E-state index is 0.0148. The Bertz CT molecular complexity index is 304. The molecular formula is C14H26N2O2. The molecule has 1 saturated heterocycles. The number of rotatable bonds is 3. The molecule has 104 valence electrons. The molecule has 3 fully saturated rings. The molecule has 1 spiro atoms. The molecule has 0 radical (unpaired) electrons. The second kappa shape index (κ2) is 4.75. The number of aliphatic hydroxyl groups is 1. The van der Waals surface area contributed by atoms with Crippen LogP contribution in [0.4, 0.5) is 0 Å². The van der Waals surface area contributed by atoms with Crippen LogP contribution in [0.25, 0.3) is 0 Å². The van der Waals surface area contributed by atoms with Gasteiger partial charge in [0.15, 0.2) is 0 Å². The van der Waals surface area contributed by atoms with E-state index in [0.717, 1.165) is 32.1 Å². The zero-order valence-electron chi connectivity index (χ0n) is 11.2. The summed E-state index contributed by atoms with van der Waals surface area (Å²) in [5, 5.41) is 13.5. The lowest BCUT2D eigenvalue weighted by Gasteiger charge is -2.51. The Kier molecular flexibility index (Phi) is 3.39. The first-order chi connectivity index (χ1) is 8.68. The summed E-state index contributed by atoms with van der Waals surface area (Å²) >= 11 is 0. The van der Waals surface area contributed by atoms with Crippen LogP contribution in [-0.2, 0) is 4.74 Å². The van der Waals surface area contributed by atoms with E-state index in [4.69, 9.17) is 10.5 Å². The molecule has 3 rings (SSSR count). The number of ether oxygens (including phenoxy) is 1. The summed E-state index contributed by atoms with van der Waals surface area (Å²) < 4.78 is 5.96. The molecule has 2 aliphatic carbocycles. The van der Waals surface area contributed by atoms with E-state index in [2.05, 4.69) is 5.32 Å². The van der Waals surface area contributed by atoms with E-state index in [9.17, 15) is 5.11 Å². The average molecular weight is 254 g/mol. The first-order valence-electron chi connectivity index (χ1n) is 7.46. The molecule has 4 heteroatoms. The SMILES string of the molecule is NC1COC2(CCC2NC2(CO)CCCCC2)C1. The number of nitrogens with one attached hydrogen (secondary N) is 1. The Morgan fingerprint density at radius 3 is 2.50 bits per heavy atom. The molecule has 2 saturated carbocycles. The smallest absolute Gasteiger partial charge is 0.0851 e. The van der Waals surface area contributed by atoms with Crippen molar-refractivity contribution < 1.29 is 9.84 Å². The van der Waals surface area contributed by atoms with E-state index in [1.807, 2.05) is 0 Å². The van der Waals surface area contributed by atoms with Crippen LogP contribution in [0.3, 0.4) is 0 Å².